The first-order chi connectivity index (χ1) is 6.66. The fraction of sp³-hybridized carbons (Fsp3) is 0.286. The fourth-order valence-electron chi connectivity index (χ4n) is 0.937. The zero-order chi connectivity index (χ0) is 10.1. The maximum absolute atomic E-state index is 4.24. The molecular formula is C7H9N5S2. The van der Waals surface area contributed by atoms with E-state index >= 15 is 0 Å². The molecule has 0 aliphatic carbocycles. The molecule has 0 aliphatic heterocycles. The second kappa shape index (κ2) is 3.66. The summed E-state index contributed by atoms with van der Waals surface area (Å²) in [4.78, 5) is 4.24. The molecule has 0 unspecified atom stereocenters. The molecule has 2 rings (SSSR count). The Morgan fingerprint density at radius 3 is 2.64 bits per heavy atom. The molecule has 0 aliphatic rings. The van der Waals surface area contributed by atoms with Gasteiger partial charge in [0, 0.05) is 20.3 Å². The quantitative estimate of drug-likeness (QED) is 0.777. The lowest BCUT2D eigenvalue weighted by molar-refractivity contribution is 0.786. The van der Waals surface area contributed by atoms with Crippen molar-refractivity contribution >= 4 is 24.4 Å². The maximum atomic E-state index is 4.24. The summed E-state index contributed by atoms with van der Waals surface area (Å²) in [6.45, 7) is 0. The topological polar surface area (TPSA) is 48.5 Å². The van der Waals surface area contributed by atoms with Crippen LogP contribution in [0.15, 0.2) is 27.9 Å². The highest BCUT2D eigenvalue weighted by Gasteiger charge is 2.07. The predicted octanol–water partition coefficient (Wildman–Crippen LogP) is 0.988. The number of imidazole rings is 1. The van der Waals surface area contributed by atoms with E-state index in [1.54, 1.807) is 6.33 Å². The number of aryl methyl sites for hydroxylation is 2. The number of aromatic nitrogens is 5. The standard InChI is InChI=1S/C7H9N5S2/c1-11-3-5(9-6(11)13)14-7-10-8-4-12(7)2/h3-4H,1-2H3,(H,9,13). The normalized spacial score (nSPS) is 10.8. The van der Waals surface area contributed by atoms with Crippen molar-refractivity contribution in [3.05, 3.63) is 12.5 Å². The Morgan fingerprint density at radius 2 is 2.14 bits per heavy atom. The highest BCUT2D eigenvalue weighted by atomic mass is 32.2. The van der Waals surface area contributed by atoms with Crippen LogP contribution in [0.25, 0.3) is 0 Å². The molecule has 2 aromatic heterocycles. The van der Waals surface area contributed by atoms with Gasteiger partial charge in [0.1, 0.15) is 11.4 Å². The molecule has 0 bridgehead atoms. The van der Waals surface area contributed by atoms with Crippen LogP contribution in [0.5, 0.6) is 0 Å². The van der Waals surface area contributed by atoms with Crippen LogP contribution in [0.4, 0.5) is 0 Å². The van der Waals surface area contributed by atoms with Crippen molar-refractivity contribution in [3.8, 4) is 0 Å². The van der Waals surface area contributed by atoms with E-state index in [9.17, 15) is 0 Å². The monoisotopic (exact) mass is 227 g/mol. The predicted molar refractivity (Wildman–Crippen MR) is 55.6 cm³/mol. The Balaban J connectivity index is 2.23. The Kier molecular flexibility index (Phi) is 2.51. The van der Waals surface area contributed by atoms with Crippen molar-refractivity contribution in [1.82, 2.24) is 24.3 Å². The summed E-state index contributed by atoms with van der Waals surface area (Å²) in [6, 6.07) is 0. The Hall–Kier alpha value is -0.950. The lowest BCUT2D eigenvalue weighted by atomic mass is 10.9. The average molecular weight is 227 g/mol. The third-order valence-corrected chi connectivity index (χ3v) is 3.07. The lowest BCUT2D eigenvalue weighted by Gasteiger charge is -1.94. The minimum Gasteiger partial charge on any atom is -0.328 e. The van der Waals surface area contributed by atoms with E-state index in [0.717, 1.165) is 10.2 Å². The third kappa shape index (κ3) is 1.78. The molecule has 0 saturated carbocycles. The van der Waals surface area contributed by atoms with Crippen molar-refractivity contribution in [2.24, 2.45) is 14.1 Å². The molecule has 0 N–H and O–H groups in total. The van der Waals surface area contributed by atoms with Crippen molar-refractivity contribution in [2.75, 3.05) is 0 Å². The van der Waals surface area contributed by atoms with Crippen molar-refractivity contribution in [1.29, 1.82) is 0 Å². The number of nitrogens with zero attached hydrogens (tertiary/aromatic N) is 5. The van der Waals surface area contributed by atoms with E-state index in [4.69, 9.17) is 0 Å². The molecule has 0 saturated heterocycles. The lowest BCUT2D eigenvalue weighted by Crippen LogP contribution is -1.88. The van der Waals surface area contributed by atoms with Crippen LogP contribution < -0.4 is 0 Å². The number of hydrogen-bond acceptors (Lipinski definition) is 5. The second-order valence-corrected chi connectivity index (χ2v) is 4.20. The molecule has 0 amide bonds. The van der Waals surface area contributed by atoms with Gasteiger partial charge in [0.15, 0.2) is 10.3 Å². The molecule has 5 nitrogen and oxygen atoms in total. The van der Waals surface area contributed by atoms with Crippen molar-refractivity contribution in [2.45, 2.75) is 15.3 Å². The van der Waals surface area contributed by atoms with Gasteiger partial charge in [0.2, 0.25) is 0 Å². The zero-order valence-corrected chi connectivity index (χ0v) is 9.46. The van der Waals surface area contributed by atoms with E-state index in [-0.39, 0.29) is 0 Å². The average Bonchev–Trinajstić information content (AvgIpc) is 2.63. The van der Waals surface area contributed by atoms with E-state index in [2.05, 4.69) is 27.8 Å². The number of rotatable bonds is 2. The summed E-state index contributed by atoms with van der Waals surface area (Å²) in [5.74, 6) is 0. The molecule has 0 spiro atoms. The summed E-state index contributed by atoms with van der Waals surface area (Å²) in [7, 11) is 3.79. The largest absolute Gasteiger partial charge is 0.328 e. The molecule has 0 radical (unpaired) electrons. The summed E-state index contributed by atoms with van der Waals surface area (Å²) in [6.07, 6.45) is 3.56. The minimum absolute atomic E-state index is 0.690. The zero-order valence-electron chi connectivity index (χ0n) is 7.75. The van der Waals surface area contributed by atoms with Crippen LogP contribution in [0.3, 0.4) is 0 Å². The van der Waals surface area contributed by atoms with Gasteiger partial charge < -0.3 is 9.13 Å². The first kappa shape index (κ1) is 9.60. The van der Waals surface area contributed by atoms with Crippen LogP contribution in [0, 0.1) is 0 Å². The second-order valence-electron chi connectivity index (χ2n) is 2.82. The Morgan fingerprint density at radius 1 is 1.36 bits per heavy atom. The van der Waals surface area contributed by atoms with E-state index < -0.39 is 0 Å². The number of thiol groups is 1. The van der Waals surface area contributed by atoms with Gasteiger partial charge in [-0.15, -0.1) is 22.8 Å². The molecule has 0 fully saturated rings. The van der Waals surface area contributed by atoms with Crippen molar-refractivity contribution in [3.63, 3.8) is 0 Å². The highest BCUT2D eigenvalue weighted by molar-refractivity contribution is 7.99. The van der Waals surface area contributed by atoms with Crippen LogP contribution in [0.1, 0.15) is 0 Å². The molecule has 74 valence electrons. The van der Waals surface area contributed by atoms with E-state index in [1.807, 2.05) is 29.4 Å². The van der Waals surface area contributed by atoms with Gasteiger partial charge in [0.05, 0.1) is 0 Å². The van der Waals surface area contributed by atoms with E-state index in [1.165, 1.54) is 11.8 Å². The van der Waals surface area contributed by atoms with Crippen LogP contribution >= 0.6 is 24.4 Å². The SMILES string of the molecule is Cn1cc(Sc2nncn2C)nc1S. The van der Waals surface area contributed by atoms with E-state index in [0.29, 0.717) is 5.16 Å². The summed E-state index contributed by atoms with van der Waals surface area (Å²) < 4.78 is 3.69. The molecular weight excluding hydrogens is 218 g/mol. The number of hydrogen-bond donors (Lipinski definition) is 1. The van der Waals surface area contributed by atoms with Gasteiger partial charge in [0.25, 0.3) is 0 Å². The van der Waals surface area contributed by atoms with Gasteiger partial charge in [-0.1, -0.05) is 0 Å². The van der Waals surface area contributed by atoms with Gasteiger partial charge in [-0.05, 0) is 11.8 Å². The molecule has 2 aromatic rings. The smallest absolute Gasteiger partial charge is 0.197 e. The van der Waals surface area contributed by atoms with Crippen LogP contribution in [0.2, 0.25) is 0 Å². The summed E-state index contributed by atoms with van der Waals surface area (Å²) >= 11 is 5.66. The third-order valence-electron chi connectivity index (χ3n) is 1.70. The Labute approximate surface area is 91.0 Å². The molecule has 14 heavy (non-hydrogen) atoms. The van der Waals surface area contributed by atoms with Gasteiger partial charge in [-0.3, -0.25) is 0 Å². The molecule has 2 heterocycles. The fourth-order valence-corrected chi connectivity index (χ4v) is 1.98. The van der Waals surface area contributed by atoms with Crippen LogP contribution in [-0.2, 0) is 14.1 Å². The first-order valence-electron chi connectivity index (χ1n) is 3.91. The van der Waals surface area contributed by atoms with Gasteiger partial charge >= 0.3 is 0 Å². The minimum atomic E-state index is 0.690. The maximum Gasteiger partial charge on any atom is 0.197 e. The van der Waals surface area contributed by atoms with Crippen molar-refractivity contribution < 1.29 is 0 Å². The first-order valence-corrected chi connectivity index (χ1v) is 5.17. The molecule has 7 heteroatoms. The summed E-state index contributed by atoms with van der Waals surface area (Å²) in [5, 5.41) is 10.1. The summed E-state index contributed by atoms with van der Waals surface area (Å²) in [5.41, 5.74) is 0. The highest BCUT2D eigenvalue weighted by Crippen LogP contribution is 2.24. The molecule has 0 atom stereocenters. The van der Waals surface area contributed by atoms with Crippen LogP contribution in [-0.4, -0.2) is 24.3 Å². The van der Waals surface area contributed by atoms with Gasteiger partial charge in [-0.2, -0.15) is 0 Å². The molecule has 0 aromatic carbocycles. The Bertz CT molecular complexity index is 427. The van der Waals surface area contributed by atoms with Gasteiger partial charge in [-0.25, -0.2) is 4.98 Å².